The lowest BCUT2D eigenvalue weighted by Crippen LogP contribution is -2.38. The molecular weight excluding hydrogens is 323 g/mol. The molecule has 2 aromatic rings. The van der Waals surface area contributed by atoms with Gasteiger partial charge in [0, 0.05) is 6.54 Å². The summed E-state index contributed by atoms with van der Waals surface area (Å²) in [6.07, 6.45) is 4.94. The number of carbonyl (C=O) groups excluding carboxylic acids is 1. The molecule has 1 N–H and O–H groups in total. The van der Waals surface area contributed by atoms with Crippen LogP contribution in [-0.2, 0) is 0 Å². The molecular formula is C19H23FN2OS. The molecule has 1 aromatic carbocycles. The van der Waals surface area contributed by atoms with Gasteiger partial charge in [-0.2, -0.15) is 11.3 Å². The third-order valence-electron chi connectivity index (χ3n) is 4.58. The van der Waals surface area contributed by atoms with Crippen LogP contribution in [0.3, 0.4) is 0 Å². The number of amides is 1. The Bertz CT molecular complexity index is 651. The Kier molecular flexibility index (Phi) is 5.99. The van der Waals surface area contributed by atoms with E-state index in [1.54, 1.807) is 23.5 Å². The zero-order chi connectivity index (χ0) is 16.8. The maximum absolute atomic E-state index is 13.8. The van der Waals surface area contributed by atoms with Crippen LogP contribution in [0.2, 0.25) is 0 Å². The van der Waals surface area contributed by atoms with E-state index in [0.29, 0.717) is 6.54 Å². The van der Waals surface area contributed by atoms with Gasteiger partial charge in [0.05, 0.1) is 11.6 Å². The highest BCUT2D eigenvalue weighted by Gasteiger charge is 2.23. The van der Waals surface area contributed by atoms with Crippen LogP contribution < -0.4 is 5.32 Å². The summed E-state index contributed by atoms with van der Waals surface area (Å²) in [6, 6.07) is 8.40. The second kappa shape index (κ2) is 8.40. The van der Waals surface area contributed by atoms with Crippen LogP contribution in [0.5, 0.6) is 0 Å². The summed E-state index contributed by atoms with van der Waals surface area (Å²) in [4.78, 5) is 14.8. The topological polar surface area (TPSA) is 32.3 Å². The molecule has 0 bridgehead atoms. The predicted molar refractivity (Wildman–Crippen MR) is 95.8 cm³/mol. The van der Waals surface area contributed by atoms with Gasteiger partial charge in [-0.15, -0.1) is 0 Å². The number of rotatable bonds is 5. The van der Waals surface area contributed by atoms with Crippen LogP contribution in [0.1, 0.15) is 47.6 Å². The molecule has 24 heavy (non-hydrogen) atoms. The molecule has 0 saturated carbocycles. The van der Waals surface area contributed by atoms with E-state index in [9.17, 15) is 9.18 Å². The monoisotopic (exact) mass is 346 g/mol. The van der Waals surface area contributed by atoms with Gasteiger partial charge in [-0.05, 0) is 60.5 Å². The average Bonchev–Trinajstić information content (AvgIpc) is 2.98. The normalized spacial score (nSPS) is 17.2. The summed E-state index contributed by atoms with van der Waals surface area (Å²) >= 11 is 1.67. The van der Waals surface area contributed by atoms with E-state index in [4.69, 9.17) is 0 Å². The highest BCUT2D eigenvalue weighted by molar-refractivity contribution is 7.07. The Labute approximate surface area is 146 Å². The number of hydrogen-bond acceptors (Lipinski definition) is 3. The molecule has 1 atom stereocenters. The highest BCUT2D eigenvalue weighted by Crippen LogP contribution is 2.25. The van der Waals surface area contributed by atoms with E-state index >= 15 is 0 Å². The lowest BCUT2D eigenvalue weighted by Gasteiger charge is -2.30. The van der Waals surface area contributed by atoms with Crippen LogP contribution in [0.25, 0.3) is 0 Å². The summed E-state index contributed by atoms with van der Waals surface area (Å²) in [5.74, 6) is -0.819. The third kappa shape index (κ3) is 4.22. The van der Waals surface area contributed by atoms with Gasteiger partial charge in [0.1, 0.15) is 5.82 Å². The minimum Gasteiger partial charge on any atom is -0.350 e. The zero-order valence-electron chi connectivity index (χ0n) is 13.7. The molecule has 2 heterocycles. The average molecular weight is 346 g/mol. The van der Waals surface area contributed by atoms with Gasteiger partial charge in [0.15, 0.2) is 0 Å². The van der Waals surface area contributed by atoms with Gasteiger partial charge in [-0.3, -0.25) is 9.69 Å². The Hall–Kier alpha value is -1.72. The van der Waals surface area contributed by atoms with E-state index in [0.717, 1.165) is 13.1 Å². The Morgan fingerprint density at radius 1 is 1.17 bits per heavy atom. The smallest absolute Gasteiger partial charge is 0.254 e. The minimum absolute atomic E-state index is 0.109. The first kappa shape index (κ1) is 17.1. The Balaban J connectivity index is 1.70. The number of likely N-dealkylation sites (tertiary alicyclic amines) is 1. The summed E-state index contributed by atoms with van der Waals surface area (Å²) in [5.41, 5.74) is 1.34. The van der Waals surface area contributed by atoms with Crippen LogP contribution in [-0.4, -0.2) is 30.4 Å². The molecule has 128 valence electrons. The summed E-state index contributed by atoms with van der Waals surface area (Å²) in [6.45, 7) is 2.61. The van der Waals surface area contributed by atoms with E-state index in [1.807, 2.05) is 0 Å². The lowest BCUT2D eigenvalue weighted by molar-refractivity contribution is 0.0929. The molecule has 3 rings (SSSR count). The Morgan fingerprint density at radius 3 is 2.58 bits per heavy atom. The van der Waals surface area contributed by atoms with Crippen molar-refractivity contribution in [3.05, 3.63) is 58.0 Å². The first-order valence-electron chi connectivity index (χ1n) is 8.54. The van der Waals surface area contributed by atoms with Crippen molar-refractivity contribution in [3.63, 3.8) is 0 Å². The second-order valence-corrected chi connectivity index (χ2v) is 6.99. The fraction of sp³-hybridized carbons (Fsp3) is 0.421. The number of carbonyl (C=O) groups is 1. The van der Waals surface area contributed by atoms with Gasteiger partial charge >= 0.3 is 0 Å². The maximum Gasteiger partial charge on any atom is 0.254 e. The molecule has 1 saturated heterocycles. The first-order chi connectivity index (χ1) is 11.8. The van der Waals surface area contributed by atoms with Crippen molar-refractivity contribution in [2.45, 2.75) is 31.7 Å². The fourth-order valence-corrected chi connectivity index (χ4v) is 3.97. The Morgan fingerprint density at radius 2 is 1.92 bits per heavy atom. The first-order valence-corrected chi connectivity index (χ1v) is 9.49. The molecule has 1 amide bonds. The van der Waals surface area contributed by atoms with Crippen LogP contribution >= 0.6 is 11.3 Å². The molecule has 1 aliphatic rings. The molecule has 1 aromatic heterocycles. The molecule has 5 heteroatoms. The van der Waals surface area contributed by atoms with Crippen molar-refractivity contribution < 1.29 is 9.18 Å². The number of benzene rings is 1. The molecule has 1 fully saturated rings. The molecule has 0 radical (unpaired) electrons. The van der Waals surface area contributed by atoms with Crippen molar-refractivity contribution in [2.75, 3.05) is 19.6 Å². The maximum atomic E-state index is 13.8. The predicted octanol–water partition coefficient (Wildman–Crippen LogP) is 4.23. The SMILES string of the molecule is O=C(NC[C@@H](c1ccsc1)N1CCCCCC1)c1ccccc1F. The highest BCUT2D eigenvalue weighted by atomic mass is 32.1. The van der Waals surface area contributed by atoms with E-state index < -0.39 is 5.82 Å². The van der Waals surface area contributed by atoms with E-state index in [2.05, 4.69) is 27.0 Å². The van der Waals surface area contributed by atoms with Crippen LogP contribution in [0.15, 0.2) is 41.1 Å². The molecule has 0 unspecified atom stereocenters. The van der Waals surface area contributed by atoms with E-state index in [-0.39, 0.29) is 17.5 Å². The number of nitrogens with one attached hydrogen (secondary N) is 1. The molecule has 3 nitrogen and oxygen atoms in total. The van der Waals surface area contributed by atoms with Gasteiger partial charge in [-0.1, -0.05) is 25.0 Å². The number of hydrogen-bond donors (Lipinski definition) is 1. The fourth-order valence-electron chi connectivity index (χ4n) is 3.26. The van der Waals surface area contributed by atoms with Gasteiger partial charge in [-0.25, -0.2) is 4.39 Å². The number of halogens is 1. The van der Waals surface area contributed by atoms with Crippen molar-refractivity contribution in [3.8, 4) is 0 Å². The number of nitrogens with zero attached hydrogens (tertiary/aromatic N) is 1. The molecule has 1 aliphatic heterocycles. The van der Waals surface area contributed by atoms with Crippen molar-refractivity contribution in [1.29, 1.82) is 0 Å². The second-order valence-electron chi connectivity index (χ2n) is 6.21. The van der Waals surface area contributed by atoms with E-state index in [1.165, 1.54) is 43.4 Å². The van der Waals surface area contributed by atoms with Crippen LogP contribution in [0, 0.1) is 5.82 Å². The molecule has 0 spiro atoms. The third-order valence-corrected chi connectivity index (χ3v) is 5.29. The van der Waals surface area contributed by atoms with Gasteiger partial charge in [0.25, 0.3) is 5.91 Å². The standard InChI is InChI=1S/C19H23FN2OS/c20-17-8-4-3-7-16(17)19(23)21-13-18(15-9-12-24-14-15)22-10-5-1-2-6-11-22/h3-4,7-9,12,14,18H,1-2,5-6,10-11,13H2,(H,21,23)/t18-/m0/s1. The van der Waals surface area contributed by atoms with Crippen molar-refractivity contribution in [2.24, 2.45) is 0 Å². The number of thiophene rings is 1. The minimum atomic E-state index is -0.475. The van der Waals surface area contributed by atoms with Crippen LogP contribution in [0.4, 0.5) is 4.39 Å². The zero-order valence-corrected chi connectivity index (χ0v) is 14.5. The van der Waals surface area contributed by atoms with Gasteiger partial charge in [0.2, 0.25) is 0 Å². The lowest BCUT2D eigenvalue weighted by atomic mass is 10.1. The van der Waals surface area contributed by atoms with Gasteiger partial charge < -0.3 is 5.32 Å². The molecule has 0 aliphatic carbocycles. The summed E-state index contributed by atoms with van der Waals surface area (Å²) in [7, 11) is 0. The quantitative estimate of drug-likeness (QED) is 0.878. The van der Waals surface area contributed by atoms with Crippen molar-refractivity contribution in [1.82, 2.24) is 10.2 Å². The largest absolute Gasteiger partial charge is 0.350 e. The van der Waals surface area contributed by atoms with Crippen molar-refractivity contribution >= 4 is 17.2 Å². The summed E-state index contributed by atoms with van der Waals surface area (Å²) in [5, 5.41) is 7.14. The summed E-state index contributed by atoms with van der Waals surface area (Å²) < 4.78 is 13.8.